The fraction of sp³-hybridized carbons (Fsp3) is 0.643. The Morgan fingerprint density at radius 3 is 2.60 bits per heavy atom. The molecule has 110 valence electrons. The summed E-state index contributed by atoms with van der Waals surface area (Å²) in [6.45, 7) is 3.76. The number of rotatable bonds is 4. The van der Waals surface area contributed by atoms with Crippen LogP contribution >= 0.6 is 0 Å². The lowest BCUT2D eigenvalue weighted by Gasteiger charge is -2.20. The number of aromatic nitrogens is 1. The molecule has 0 unspecified atom stereocenters. The van der Waals surface area contributed by atoms with Gasteiger partial charge < -0.3 is 14.7 Å². The van der Waals surface area contributed by atoms with E-state index in [1.54, 1.807) is 13.0 Å². The van der Waals surface area contributed by atoms with Crippen LogP contribution in [0.3, 0.4) is 0 Å². The molecule has 6 heteroatoms. The van der Waals surface area contributed by atoms with Crippen molar-refractivity contribution in [2.75, 3.05) is 19.6 Å². The number of nitrogens with zero attached hydrogens (tertiary/aromatic N) is 2. The minimum absolute atomic E-state index is 0.112. The highest BCUT2D eigenvalue weighted by Gasteiger charge is 2.16. The van der Waals surface area contributed by atoms with Crippen LogP contribution in [0.1, 0.15) is 48.4 Å². The zero-order valence-electron chi connectivity index (χ0n) is 11.9. The average Bonchev–Trinajstić information content (AvgIpc) is 2.71. The van der Waals surface area contributed by atoms with E-state index in [9.17, 15) is 9.59 Å². The second kappa shape index (κ2) is 7.07. The maximum Gasteiger partial charge on any atom is 0.289 e. The van der Waals surface area contributed by atoms with Crippen LogP contribution in [-0.2, 0) is 4.79 Å². The molecule has 0 aliphatic carbocycles. The molecular weight excluding hydrogens is 258 g/mol. The molecule has 0 bridgehead atoms. The highest BCUT2D eigenvalue weighted by atomic mass is 16.5. The van der Waals surface area contributed by atoms with E-state index >= 15 is 0 Å². The van der Waals surface area contributed by atoms with Crippen LogP contribution in [0.25, 0.3) is 0 Å². The maximum atomic E-state index is 12.0. The summed E-state index contributed by atoms with van der Waals surface area (Å²) in [6.07, 6.45) is 4.89. The standard InChI is InChI=1S/C14H21N3O3/c1-11-10-12(20-16-11)14(19)15-7-6-13(18)17-8-4-2-3-5-9-17/h10H,2-9H2,1H3,(H,15,19). The van der Waals surface area contributed by atoms with E-state index in [0.29, 0.717) is 18.7 Å². The third-order valence-corrected chi connectivity index (χ3v) is 3.43. The van der Waals surface area contributed by atoms with E-state index < -0.39 is 0 Å². The molecule has 1 aromatic rings. The second-order valence-electron chi connectivity index (χ2n) is 5.13. The largest absolute Gasteiger partial charge is 0.351 e. The van der Waals surface area contributed by atoms with E-state index in [1.807, 2.05) is 4.90 Å². The first kappa shape index (κ1) is 14.6. The van der Waals surface area contributed by atoms with Crippen LogP contribution in [0.4, 0.5) is 0 Å². The molecule has 0 saturated carbocycles. The highest BCUT2D eigenvalue weighted by molar-refractivity contribution is 5.91. The molecule has 2 rings (SSSR count). The quantitative estimate of drug-likeness (QED) is 0.906. The van der Waals surface area contributed by atoms with Gasteiger partial charge in [0, 0.05) is 32.1 Å². The third kappa shape index (κ3) is 4.08. The Morgan fingerprint density at radius 2 is 2.00 bits per heavy atom. The molecular formula is C14H21N3O3. The summed E-state index contributed by atoms with van der Waals surface area (Å²) in [5, 5.41) is 6.33. The topological polar surface area (TPSA) is 75.4 Å². The zero-order valence-corrected chi connectivity index (χ0v) is 11.9. The first-order valence-corrected chi connectivity index (χ1v) is 7.16. The van der Waals surface area contributed by atoms with E-state index in [2.05, 4.69) is 10.5 Å². The van der Waals surface area contributed by atoms with Crippen LogP contribution in [0.2, 0.25) is 0 Å². The van der Waals surface area contributed by atoms with Crippen molar-refractivity contribution in [3.8, 4) is 0 Å². The van der Waals surface area contributed by atoms with Gasteiger partial charge in [-0.2, -0.15) is 0 Å². The lowest BCUT2D eigenvalue weighted by atomic mass is 10.2. The van der Waals surface area contributed by atoms with Gasteiger partial charge in [-0.1, -0.05) is 18.0 Å². The Bertz CT molecular complexity index is 462. The number of hydrogen-bond donors (Lipinski definition) is 1. The Kier molecular flexibility index (Phi) is 5.15. The molecule has 20 heavy (non-hydrogen) atoms. The van der Waals surface area contributed by atoms with E-state index in [-0.39, 0.29) is 17.6 Å². The number of amides is 2. The van der Waals surface area contributed by atoms with Crippen molar-refractivity contribution in [2.45, 2.75) is 39.0 Å². The molecule has 1 saturated heterocycles. The minimum atomic E-state index is -0.325. The van der Waals surface area contributed by atoms with Gasteiger partial charge in [-0.3, -0.25) is 9.59 Å². The smallest absolute Gasteiger partial charge is 0.289 e. The molecule has 1 aliphatic rings. The third-order valence-electron chi connectivity index (χ3n) is 3.43. The number of likely N-dealkylation sites (tertiary alicyclic amines) is 1. The summed E-state index contributed by atoms with van der Waals surface area (Å²) in [4.78, 5) is 25.6. The first-order chi connectivity index (χ1) is 9.66. The summed E-state index contributed by atoms with van der Waals surface area (Å²) < 4.78 is 4.86. The molecule has 1 aliphatic heterocycles. The van der Waals surface area contributed by atoms with Crippen LogP contribution in [0.15, 0.2) is 10.6 Å². The van der Waals surface area contributed by atoms with Gasteiger partial charge in [-0.05, 0) is 19.8 Å². The molecule has 6 nitrogen and oxygen atoms in total. The Morgan fingerprint density at radius 1 is 1.30 bits per heavy atom. The summed E-state index contributed by atoms with van der Waals surface area (Å²) >= 11 is 0. The van der Waals surface area contributed by atoms with Gasteiger partial charge in [-0.15, -0.1) is 0 Å². The summed E-state index contributed by atoms with van der Waals surface area (Å²) in [6, 6.07) is 1.58. The van der Waals surface area contributed by atoms with Gasteiger partial charge in [0.25, 0.3) is 5.91 Å². The Labute approximate surface area is 118 Å². The van der Waals surface area contributed by atoms with E-state index in [0.717, 1.165) is 25.9 Å². The molecule has 1 aromatic heterocycles. The highest BCUT2D eigenvalue weighted by Crippen LogP contribution is 2.10. The molecule has 0 aromatic carbocycles. The van der Waals surface area contributed by atoms with Crippen molar-refractivity contribution in [1.82, 2.24) is 15.4 Å². The molecule has 1 N–H and O–H groups in total. The predicted octanol–water partition coefficient (Wildman–Crippen LogP) is 1.51. The molecule has 0 spiro atoms. The SMILES string of the molecule is Cc1cc(C(=O)NCCC(=O)N2CCCCCC2)on1. The molecule has 0 atom stereocenters. The second-order valence-corrected chi connectivity index (χ2v) is 5.13. The van der Waals surface area contributed by atoms with Crippen LogP contribution in [0.5, 0.6) is 0 Å². The van der Waals surface area contributed by atoms with E-state index in [1.165, 1.54) is 12.8 Å². The fourth-order valence-corrected chi connectivity index (χ4v) is 2.32. The predicted molar refractivity (Wildman–Crippen MR) is 73.2 cm³/mol. The van der Waals surface area contributed by atoms with Crippen LogP contribution < -0.4 is 5.32 Å². The van der Waals surface area contributed by atoms with Gasteiger partial charge in [-0.25, -0.2) is 0 Å². The number of carbonyl (C=O) groups excluding carboxylic acids is 2. The minimum Gasteiger partial charge on any atom is -0.351 e. The zero-order chi connectivity index (χ0) is 14.4. The van der Waals surface area contributed by atoms with Crippen LogP contribution in [-0.4, -0.2) is 41.5 Å². The summed E-state index contributed by atoms with van der Waals surface area (Å²) in [5.41, 5.74) is 0.663. The summed E-state index contributed by atoms with van der Waals surface area (Å²) in [7, 11) is 0. The molecule has 0 radical (unpaired) electrons. The Balaban J connectivity index is 1.72. The van der Waals surface area contributed by atoms with Crippen molar-refractivity contribution in [3.63, 3.8) is 0 Å². The monoisotopic (exact) mass is 279 g/mol. The van der Waals surface area contributed by atoms with Crippen molar-refractivity contribution in [3.05, 3.63) is 17.5 Å². The van der Waals surface area contributed by atoms with Crippen molar-refractivity contribution in [1.29, 1.82) is 0 Å². The number of hydrogen-bond acceptors (Lipinski definition) is 4. The van der Waals surface area contributed by atoms with Gasteiger partial charge in [0.15, 0.2) is 0 Å². The number of carbonyl (C=O) groups is 2. The van der Waals surface area contributed by atoms with Gasteiger partial charge >= 0.3 is 0 Å². The van der Waals surface area contributed by atoms with Crippen molar-refractivity contribution in [2.24, 2.45) is 0 Å². The Hall–Kier alpha value is -1.85. The fourth-order valence-electron chi connectivity index (χ4n) is 2.32. The lowest BCUT2D eigenvalue weighted by molar-refractivity contribution is -0.131. The van der Waals surface area contributed by atoms with Gasteiger partial charge in [0.2, 0.25) is 11.7 Å². The summed E-state index contributed by atoms with van der Waals surface area (Å²) in [5.74, 6) is -0.0278. The molecule has 1 fully saturated rings. The first-order valence-electron chi connectivity index (χ1n) is 7.16. The molecule has 2 heterocycles. The maximum absolute atomic E-state index is 12.0. The van der Waals surface area contributed by atoms with Gasteiger partial charge in [0.1, 0.15) is 0 Å². The molecule has 2 amide bonds. The van der Waals surface area contributed by atoms with E-state index in [4.69, 9.17) is 4.52 Å². The van der Waals surface area contributed by atoms with Gasteiger partial charge in [0.05, 0.1) is 5.69 Å². The van der Waals surface area contributed by atoms with Crippen molar-refractivity contribution < 1.29 is 14.1 Å². The average molecular weight is 279 g/mol. The normalized spacial score (nSPS) is 15.8. The van der Waals surface area contributed by atoms with Crippen LogP contribution in [0, 0.1) is 6.92 Å². The van der Waals surface area contributed by atoms with Crippen molar-refractivity contribution >= 4 is 11.8 Å². The lowest BCUT2D eigenvalue weighted by Crippen LogP contribution is -2.35. The number of aryl methyl sites for hydroxylation is 1. The number of nitrogens with one attached hydrogen (secondary N) is 1.